The molecule has 9 heteroatoms. The minimum absolute atomic E-state index is 0.169. The van der Waals surface area contributed by atoms with Gasteiger partial charge in [-0.1, -0.05) is 35.0 Å². The van der Waals surface area contributed by atoms with E-state index < -0.39 is 5.91 Å². The molecule has 1 N–H and O–H groups in total. The molecule has 0 fully saturated rings. The van der Waals surface area contributed by atoms with Crippen LogP contribution in [0.1, 0.15) is 21.7 Å². The molecular formula is C25H25N5O4. The molecule has 0 saturated heterocycles. The molecule has 34 heavy (non-hydrogen) atoms. The van der Waals surface area contributed by atoms with E-state index in [0.29, 0.717) is 28.6 Å². The number of nitrogens with zero attached hydrogens (tertiary/aromatic N) is 4. The van der Waals surface area contributed by atoms with Crippen molar-refractivity contribution in [3.63, 3.8) is 0 Å². The number of aromatic nitrogens is 3. The third-order valence-electron chi connectivity index (χ3n) is 5.21. The Bertz CT molecular complexity index is 1320. The predicted octanol–water partition coefficient (Wildman–Crippen LogP) is 3.86. The first kappa shape index (κ1) is 22.8. The van der Waals surface area contributed by atoms with Crippen LogP contribution in [0.3, 0.4) is 0 Å². The summed E-state index contributed by atoms with van der Waals surface area (Å²) in [5.74, 6) is 0.788. The molecule has 0 atom stereocenters. The average molecular weight is 460 g/mol. The summed E-state index contributed by atoms with van der Waals surface area (Å²) >= 11 is 0. The van der Waals surface area contributed by atoms with E-state index in [9.17, 15) is 9.59 Å². The van der Waals surface area contributed by atoms with Crippen molar-refractivity contribution in [2.75, 3.05) is 26.0 Å². The first-order chi connectivity index (χ1) is 16.3. The number of likely N-dealkylation sites (N-methyl/N-ethyl adjacent to an activating group) is 1. The van der Waals surface area contributed by atoms with Gasteiger partial charge in [-0.2, -0.15) is 5.10 Å². The Morgan fingerprint density at radius 3 is 2.56 bits per heavy atom. The molecule has 2 aromatic carbocycles. The van der Waals surface area contributed by atoms with Gasteiger partial charge in [0.1, 0.15) is 17.2 Å². The molecule has 0 unspecified atom stereocenters. The van der Waals surface area contributed by atoms with Crippen molar-refractivity contribution in [1.29, 1.82) is 0 Å². The lowest BCUT2D eigenvalue weighted by Crippen LogP contribution is -2.35. The molecular weight excluding hydrogens is 434 g/mol. The Kier molecular flexibility index (Phi) is 6.44. The zero-order chi connectivity index (χ0) is 24.2. The molecule has 2 amide bonds. The number of nitrogens with one attached hydrogen (secondary N) is 1. The maximum absolute atomic E-state index is 13.4. The molecule has 0 aliphatic rings. The molecule has 2 aromatic heterocycles. The maximum atomic E-state index is 13.4. The molecule has 2 heterocycles. The SMILES string of the molecule is COc1cccc(-c2nn(-c3ccc(C)cc3)cc2C(=O)N(C)CC(=O)Nc2cc(C)on2)c1. The fraction of sp³-hybridized carbons (Fsp3) is 0.200. The standard InChI is InChI=1S/C25H25N5O4/c1-16-8-10-19(11-9-16)30-14-21(24(27-30)18-6-5-7-20(13-18)33-4)25(32)29(3)15-23(31)26-22-12-17(2)34-28-22/h5-14H,15H2,1-4H3,(H,26,28,31). The molecule has 0 aliphatic heterocycles. The second-order valence-electron chi connectivity index (χ2n) is 7.94. The lowest BCUT2D eigenvalue weighted by Gasteiger charge is -2.16. The van der Waals surface area contributed by atoms with Gasteiger partial charge in [-0.15, -0.1) is 0 Å². The van der Waals surface area contributed by atoms with Crippen LogP contribution in [0, 0.1) is 13.8 Å². The lowest BCUT2D eigenvalue weighted by molar-refractivity contribution is -0.116. The number of methoxy groups -OCH3 is 1. The van der Waals surface area contributed by atoms with Gasteiger partial charge in [0, 0.05) is 24.9 Å². The van der Waals surface area contributed by atoms with Crippen molar-refractivity contribution >= 4 is 17.6 Å². The van der Waals surface area contributed by atoms with Crippen LogP contribution in [-0.2, 0) is 4.79 Å². The first-order valence-electron chi connectivity index (χ1n) is 10.6. The van der Waals surface area contributed by atoms with Crippen LogP contribution in [0.2, 0.25) is 0 Å². The van der Waals surface area contributed by atoms with Gasteiger partial charge in [0.15, 0.2) is 5.82 Å². The van der Waals surface area contributed by atoms with Crippen LogP contribution in [-0.4, -0.2) is 52.4 Å². The topological polar surface area (TPSA) is 102 Å². The Morgan fingerprint density at radius 1 is 1.12 bits per heavy atom. The van der Waals surface area contributed by atoms with Gasteiger partial charge < -0.3 is 19.5 Å². The van der Waals surface area contributed by atoms with Crippen molar-refractivity contribution in [2.45, 2.75) is 13.8 Å². The second-order valence-corrected chi connectivity index (χ2v) is 7.94. The minimum Gasteiger partial charge on any atom is -0.497 e. The number of benzene rings is 2. The van der Waals surface area contributed by atoms with Gasteiger partial charge in [-0.05, 0) is 38.1 Å². The van der Waals surface area contributed by atoms with E-state index in [1.807, 2.05) is 55.5 Å². The van der Waals surface area contributed by atoms with Gasteiger partial charge in [-0.25, -0.2) is 4.68 Å². The number of rotatable bonds is 7. The van der Waals surface area contributed by atoms with Crippen LogP contribution >= 0.6 is 0 Å². The molecule has 4 aromatic rings. The van der Waals surface area contributed by atoms with E-state index >= 15 is 0 Å². The van der Waals surface area contributed by atoms with Gasteiger partial charge in [0.2, 0.25) is 5.91 Å². The minimum atomic E-state index is -0.391. The normalized spacial score (nSPS) is 10.7. The fourth-order valence-electron chi connectivity index (χ4n) is 3.44. The van der Waals surface area contributed by atoms with E-state index in [0.717, 1.165) is 16.8 Å². The monoisotopic (exact) mass is 459 g/mol. The number of aryl methyl sites for hydroxylation is 2. The van der Waals surface area contributed by atoms with Gasteiger partial charge >= 0.3 is 0 Å². The molecule has 9 nitrogen and oxygen atoms in total. The highest BCUT2D eigenvalue weighted by atomic mass is 16.5. The summed E-state index contributed by atoms with van der Waals surface area (Å²) in [6, 6.07) is 16.8. The summed E-state index contributed by atoms with van der Waals surface area (Å²) in [4.78, 5) is 27.2. The molecule has 0 spiro atoms. The largest absolute Gasteiger partial charge is 0.497 e. The van der Waals surface area contributed by atoms with Crippen molar-refractivity contribution in [3.05, 3.63) is 77.7 Å². The zero-order valence-corrected chi connectivity index (χ0v) is 19.4. The summed E-state index contributed by atoms with van der Waals surface area (Å²) < 4.78 is 12.0. The number of hydrogen-bond donors (Lipinski definition) is 1. The summed E-state index contributed by atoms with van der Waals surface area (Å²) in [5.41, 5.74) is 3.51. The third kappa shape index (κ3) is 4.98. The second kappa shape index (κ2) is 9.62. The Balaban J connectivity index is 1.64. The van der Waals surface area contributed by atoms with Crippen LogP contribution in [0.15, 0.2) is 65.3 Å². The highest BCUT2D eigenvalue weighted by Gasteiger charge is 2.23. The summed E-state index contributed by atoms with van der Waals surface area (Å²) in [5, 5.41) is 11.1. The number of amides is 2. The molecule has 0 aliphatic carbocycles. The predicted molar refractivity (Wildman–Crippen MR) is 127 cm³/mol. The zero-order valence-electron chi connectivity index (χ0n) is 19.4. The van der Waals surface area contributed by atoms with E-state index in [4.69, 9.17) is 14.4 Å². The van der Waals surface area contributed by atoms with Crippen molar-refractivity contribution in [2.24, 2.45) is 0 Å². The van der Waals surface area contributed by atoms with E-state index in [2.05, 4.69) is 10.5 Å². The number of ether oxygens (including phenoxy) is 1. The highest BCUT2D eigenvalue weighted by Crippen LogP contribution is 2.28. The smallest absolute Gasteiger partial charge is 0.257 e. The van der Waals surface area contributed by atoms with Crippen molar-refractivity contribution < 1.29 is 18.8 Å². The Labute approximate surface area is 196 Å². The average Bonchev–Trinajstić information content (AvgIpc) is 3.45. The Hall–Kier alpha value is -4.40. The summed E-state index contributed by atoms with van der Waals surface area (Å²) in [6.07, 6.45) is 1.68. The van der Waals surface area contributed by atoms with Crippen molar-refractivity contribution in [1.82, 2.24) is 19.8 Å². The fourth-order valence-corrected chi connectivity index (χ4v) is 3.44. The highest BCUT2D eigenvalue weighted by molar-refractivity contribution is 6.02. The first-order valence-corrected chi connectivity index (χ1v) is 10.6. The third-order valence-corrected chi connectivity index (χ3v) is 5.21. The molecule has 0 radical (unpaired) electrons. The number of carbonyl (C=O) groups is 2. The summed E-state index contributed by atoms with van der Waals surface area (Å²) in [6.45, 7) is 3.56. The Morgan fingerprint density at radius 2 is 1.88 bits per heavy atom. The van der Waals surface area contributed by atoms with Crippen molar-refractivity contribution in [3.8, 4) is 22.7 Å². The molecule has 174 valence electrons. The van der Waals surface area contributed by atoms with Gasteiger partial charge in [-0.3, -0.25) is 9.59 Å². The molecule has 0 saturated carbocycles. The number of carbonyl (C=O) groups excluding carboxylic acids is 2. The maximum Gasteiger partial charge on any atom is 0.257 e. The van der Waals surface area contributed by atoms with Crippen LogP contribution in [0.25, 0.3) is 16.9 Å². The quantitative estimate of drug-likeness (QED) is 0.450. The molecule has 4 rings (SSSR count). The summed E-state index contributed by atoms with van der Waals surface area (Å²) in [7, 11) is 3.15. The number of hydrogen-bond acceptors (Lipinski definition) is 6. The lowest BCUT2D eigenvalue weighted by atomic mass is 10.1. The number of anilines is 1. The van der Waals surface area contributed by atoms with Gasteiger partial charge in [0.05, 0.1) is 24.9 Å². The van der Waals surface area contributed by atoms with E-state index in [1.165, 1.54) is 4.90 Å². The van der Waals surface area contributed by atoms with Crippen LogP contribution in [0.4, 0.5) is 5.82 Å². The van der Waals surface area contributed by atoms with E-state index in [-0.39, 0.29) is 12.5 Å². The van der Waals surface area contributed by atoms with Gasteiger partial charge in [0.25, 0.3) is 5.91 Å². The van der Waals surface area contributed by atoms with E-state index in [1.54, 1.807) is 38.0 Å². The van der Waals surface area contributed by atoms with Crippen LogP contribution in [0.5, 0.6) is 5.75 Å². The van der Waals surface area contributed by atoms with Crippen LogP contribution < -0.4 is 10.1 Å². The molecule has 0 bridgehead atoms.